The molecule has 0 unspecified atom stereocenters. The Bertz CT molecular complexity index is 334. The summed E-state index contributed by atoms with van der Waals surface area (Å²) in [4.78, 5) is 8.09. The van der Waals surface area contributed by atoms with Crippen molar-refractivity contribution in [1.29, 1.82) is 0 Å². The molecular formula is C6H4N4S2. The molecule has 0 fully saturated rings. The van der Waals surface area contributed by atoms with Crippen LogP contribution in [0.1, 0.15) is 0 Å². The molecule has 0 atom stereocenters. The summed E-state index contributed by atoms with van der Waals surface area (Å²) >= 11 is 2.90. The third kappa shape index (κ3) is 1.77. The predicted molar refractivity (Wildman–Crippen MR) is 46.1 cm³/mol. The van der Waals surface area contributed by atoms with Gasteiger partial charge >= 0.3 is 0 Å². The van der Waals surface area contributed by atoms with Gasteiger partial charge in [0.05, 0.1) is 0 Å². The van der Waals surface area contributed by atoms with E-state index >= 15 is 0 Å². The van der Waals surface area contributed by atoms with Gasteiger partial charge in [-0.25, -0.2) is 9.97 Å². The summed E-state index contributed by atoms with van der Waals surface area (Å²) in [6.07, 6.45) is 3.41. The van der Waals surface area contributed by atoms with Gasteiger partial charge in [0, 0.05) is 12.4 Å². The molecule has 4 nitrogen and oxygen atoms in total. The first-order chi connectivity index (χ1) is 5.95. The lowest BCUT2D eigenvalue weighted by molar-refractivity contribution is 0.954. The van der Waals surface area contributed by atoms with Gasteiger partial charge in [-0.2, -0.15) is 0 Å². The summed E-state index contributed by atoms with van der Waals surface area (Å²) in [6, 6.07) is 1.78. The minimum atomic E-state index is 0.703. The van der Waals surface area contributed by atoms with Crippen LogP contribution in [-0.2, 0) is 0 Å². The van der Waals surface area contributed by atoms with Crippen molar-refractivity contribution in [2.75, 3.05) is 0 Å². The number of aromatic nitrogens is 4. The molecule has 0 spiro atoms. The van der Waals surface area contributed by atoms with Crippen LogP contribution in [-0.4, -0.2) is 20.2 Å². The fourth-order valence-corrected chi connectivity index (χ4v) is 1.92. The standard InChI is InChI=1S/C6H4N4S2/c1-2-7-5(8-3-1)12-6-10-9-4-11-6/h1-4H. The topological polar surface area (TPSA) is 51.6 Å². The zero-order valence-corrected chi connectivity index (χ0v) is 7.55. The number of hydrogen-bond acceptors (Lipinski definition) is 6. The molecule has 0 amide bonds. The van der Waals surface area contributed by atoms with Crippen LogP contribution in [0.3, 0.4) is 0 Å². The monoisotopic (exact) mass is 196 g/mol. The Hall–Kier alpha value is -1.01. The first-order valence-corrected chi connectivity index (χ1v) is 4.86. The molecule has 0 N–H and O–H groups in total. The fourth-order valence-electron chi connectivity index (χ4n) is 0.624. The van der Waals surface area contributed by atoms with Crippen LogP contribution in [0.2, 0.25) is 0 Å². The third-order valence-electron chi connectivity index (χ3n) is 1.06. The normalized spacial score (nSPS) is 10.0. The number of rotatable bonds is 2. The van der Waals surface area contributed by atoms with Crippen molar-refractivity contribution in [2.45, 2.75) is 9.50 Å². The Morgan fingerprint density at radius 2 is 2.08 bits per heavy atom. The summed E-state index contributed by atoms with van der Waals surface area (Å²) in [5.41, 5.74) is 1.69. The molecular weight excluding hydrogens is 192 g/mol. The number of hydrogen-bond donors (Lipinski definition) is 0. The van der Waals surface area contributed by atoms with Crippen LogP contribution in [0, 0.1) is 0 Å². The van der Waals surface area contributed by atoms with Crippen molar-refractivity contribution in [2.24, 2.45) is 0 Å². The minimum Gasteiger partial charge on any atom is -0.231 e. The first kappa shape index (κ1) is 7.63. The maximum atomic E-state index is 4.04. The highest BCUT2D eigenvalue weighted by atomic mass is 32.2. The van der Waals surface area contributed by atoms with E-state index in [4.69, 9.17) is 0 Å². The first-order valence-electron chi connectivity index (χ1n) is 3.16. The maximum Gasteiger partial charge on any atom is 0.194 e. The van der Waals surface area contributed by atoms with Crippen molar-refractivity contribution in [3.8, 4) is 0 Å². The van der Waals surface area contributed by atoms with Crippen LogP contribution in [0.5, 0.6) is 0 Å². The molecule has 0 saturated carbocycles. The van der Waals surface area contributed by atoms with Crippen LogP contribution < -0.4 is 0 Å². The van der Waals surface area contributed by atoms with Crippen molar-refractivity contribution in [1.82, 2.24) is 20.2 Å². The highest BCUT2D eigenvalue weighted by molar-refractivity contribution is 8.00. The summed E-state index contributed by atoms with van der Waals surface area (Å²) in [7, 11) is 0. The molecule has 6 heteroatoms. The van der Waals surface area contributed by atoms with Crippen LogP contribution in [0.15, 0.2) is 33.5 Å². The number of nitrogens with zero attached hydrogens (tertiary/aromatic N) is 4. The van der Waals surface area contributed by atoms with Crippen LogP contribution >= 0.6 is 23.1 Å². The van der Waals surface area contributed by atoms with E-state index in [2.05, 4.69) is 20.2 Å². The largest absolute Gasteiger partial charge is 0.231 e. The molecule has 0 bridgehead atoms. The average Bonchev–Trinajstić information content (AvgIpc) is 2.59. The quantitative estimate of drug-likeness (QED) is 0.681. The Balaban J connectivity index is 2.15. The van der Waals surface area contributed by atoms with Gasteiger partial charge < -0.3 is 0 Å². The van der Waals surface area contributed by atoms with Gasteiger partial charge in [0.25, 0.3) is 0 Å². The smallest absolute Gasteiger partial charge is 0.194 e. The van der Waals surface area contributed by atoms with Gasteiger partial charge in [0.15, 0.2) is 9.50 Å². The van der Waals surface area contributed by atoms with Crippen LogP contribution in [0.25, 0.3) is 0 Å². The van der Waals surface area contributed by atoms with E-state index in [9.17, 15) is 0 Å². The van der Waals surface area contributed by atoms with Gasteiger partial charge in [-0.3, -0.25) is 0 Å². The van der Waals surface area contributed by atoms with Gasteiger partial charge in [-0.1, -0.05) is 11.3 Å². The summed E-state index contributed by atoms with van der Waals surface area (Å²) < 4.78 is 0.862. The van der Waals surface area contributed by atoms with Crippen LogP contribution in [0.4, 0.5) is 0 Å². The molecule has 0 aliphatic carbocycles. The SMILES string of the molecule is c1cnc(Sc2nncs2)nc1. The highest BCUT2D eigenvalue weighted by Crippen LogP contribution is 2.24. The minimum absolute atomic E-state index is 0.703. The lowest BCUT2D eigenvalue weighted by Crippen LogP contribution is -1.82. The van der Waals surface area contributed by atoms with E-state index < -0.39 is 0 Å². The van der Waals surface area contributed by atoms with Crippen molar-refractivity contribution in [3.63, 3.8) is 0 Å². The predicted octanol–water partition coefficient (Wildman–Crippen LogP) is 1.48. The zero-order chi connectivity index (χ0) is 8.23. The van der Waals surface area contributed by atoms with E-state index in [1.54, 1.807) is 24.0 Å². The molecule has 0 aromatic carbocycles. The van der Waals surface area contributed by atoms with E-state index in [0.29, 0.717) is 5.16 Å². The van der Waals surface area contributed by atoms with Crippen molar-refractivity contribution < 1.29 is 0 Å². The second-order valence-electron chi connectivity index (χ2n) is 1.84. The van der Waals surface area contributed by atoms with Gasteiger partial charge in [-0.05, 0) is 17.8 Å². The summed E-state index contributed by atoms with van der Waals surface area (Å²) in [6.45, 7) is 0. The molecule has 0 radical (unpaired) electrons. The van der Waals surface area contributed by atoms with Gasteiger partial charge in [0.2, 0.25) is 0 Å². The summed E-state index contributed by atoms with van der Waals surface area (Å²) in [5.74, 6) is 0. The molecule has 12 heavy (non-hydrogen) atoms. The highest BCUT2D eigenvalue weighted by Gasteiger charge is 2.00. The van der Waals surface area contributed by atoms with Crippen molar-refractivity contribution in [3.05, 3.63) is 24.0 Å². The second kappa shape index (κ2) is 3.59. The molecule has 2 aromatic rings. The Morgan fingerprint density at radius 3 is 2.75 bits per heavy atom. The molecule has 2 aromatic heterocycles. The molecule has 60 valence electrons. The fraction of sp³-hybridized carbons (Fsp3) is 0. The average molecular weight is 196 g/mol. The zero-order valence-electron chi connectivity index (χ0n) is 5.91. The maximum absolute atomic E-state index is 4.04. The van der Waals surface area contributed by atoms with Gasteiger partial charge in [-0.15, -0.1) is 10.2 Å². The van der Waals surface area contributed by atoms with E-state index in [1.807, 2.05) is 0 Å². The van der Waals surface area contributed by atoms with Crippen molar-refractivity contribution >= 4 is 23.1 Å². The van der Waals surface area contributed by atoms with E-state index in [1.165, 1.54) is 23.1 Å². The lowest BCUT2D eigenvalue weighted by atomic mass is 10.7. The Kier molecular flexibility index (Phi) is 2.28. The van der Waals surface area contributed by atoms with E-state index in [0.717, 1.165) is 4.34 Å². The molecule has 0 aliphatic heterocycles. The Labute approximate surface area is 77.1 Å². The van der Waals surface area contributed by atoms with E-state index in [-0.39, 0.29) is 0 Å². The third-order valence-corrected chi connectivity index (χ3v) is 2.73. The molecule has 0 saturated heterocycles. The summed E-state index contributed by atoms with van der Waals surface area (Å²) in [5, 5.41) is 8.28. The van der Waals surface area contributed by atoms with Gasteiger partial charge in [0.1, 0.15) is 5.51 Å². The lowest BCUT2D eigenvalue weighted by Gasteiger charge is -1.91. The molecule has 2 heterocycles. The second-order valence-corrected chi connectivity index (χ2v) is 3.89. The molecule has 0 aliphatic rings. The molecule has 2 rings (SSSR count). The Morgan fingerprint density at radius 1 is 1.25 bits per heavy atom.